The Balaban J connectivity index is 1.92. The Morgan fingerprint density at radius 1 is 0.448 bits per heavy atom. The Labute approximate surface area is 178 Å². The Morgan fingerprint density at radius 3 is 1.07 bits per heavy atom. The number of benzene rings is 3. The van der Waals surface area contributed by atoms with Gasteiger partial charge in [-0.3, -0.25) is 0 Å². The summed E-state index contributed by atoms with van der Waals surface area (Å²) in [6, 6.07) is 33.4. The van der Waals surface area contributed by atoms with Crippen LogP contribution in [0.25, 0.3) is 0 Å². The van der Waals surface area contributed by atoms with E-state index in [9.17, 15) is 0 Å². The van der Waals surface area contributed by atoms with Crippen LogP contribution in [0.1, 0.15) is 75.0 Å². The van der Waals surface area contributed by atoms with Gasteiger partial charge in [-0.05, 0) is 59.1 Å². The van der Waals surface area contributed by atoms with Gasteiger partial charge in [-0.15, -0.1) is 0 Å². The third-order valence-corrected chi connectivity index (χ3v) is 6.41. The number of rotatable bonds is 9. The summed E-state index contributed by atoms with van der Waals surface area (Å²) in [7, 11) is 0. The van der Waals surface area contributed by atoms with Crippen molar-refractivity contribution in [1.29, 1.82) is 0 Å². The van der Waals surface area contributed by atoms with Crippen LogP contribution in [-0.4, -0.2) is 0 Å². The van der Waals surface area contributed by atoms with Crippen molar-refractivity contribution in [2.75, 3.05) is 0 Å². The first-order chi connectivity index (χ1) is 14.1. The first-order valence-corrected chi connectivity index (χ1v) is 11.2. The molecule has 2 unspecified atom stereocenters. The predicted octanol–water partition coefficient (Wildman–Crippen LogP) is 8.43. The second kappa shape index (κ2) is 10.4. The molecular weight excluding hydrogens is 348 g/mol. The standard InChI is InChI=1S/C29H36/c1-22(2)28(25-16-10-6-11-17-25)20-27(24-14-8-5-9-15-24)21-29(23(3)4)26-18-12-7-13-19-26/h5-19,22-23,27-29H,20-21H2,1-4H3. The van der Waals surface area contributed by atoms with Crippen LogP contribution in [0.15, 0.2) is 91.0 Å². The molecule has 29 heavy (non-hydrogen) atoms. The first kappa shape index (κ1) is 21.4. The molecule has 2 atom stereocenters. The molecule has 0 bridgehead atoms. The second-order valence-electron chi connectivity index (χ2n) is 9.10. The monoisotopic (exact) mass is 384 g/mol. The van der Waals surface area contributed by atoms with Crippen molar-refractivity contribution in [3.63, 3.8) is 0 Å². The van der Waals surface area contributed by atoms with E-state index in [0.717, 1.165) is 0 Å². The fourth-order valence-corrected chi connectivity index (χ4v) is 4.69. The van der Waals surface area contributed by atoms with Crippen LogP contribution < -0.4 is 0 Å². The van der Waals surface area contributed by atoms with E-state index in [2.05, 4.69) is 119 Å². The van der Waals surface area contributed by atoms with Crippen molar-refractivity contribution in [3.8, 4) is 0 Å². The highest BCUT2D eigenvalue weighted by Gasteiger charge is 2.26. The van der Waals surface area contributed by atoms with Gasteiger partial charge in [0.25, 0.3) is 0 Å². The highest BCUT2D eigenvalue weighted by atomic mass is 14.3. The summed E-state index contributed by atoms with van der Waals surface area (Å²) in [6.07, 6.45) is 2.39. The summed E-state index contributed by atoms with van der Waals surface area (Å²) < 4.78 is 0. The van der Waals surface area contributed by atoms with E-state index in [1.165, 1.54) is 29.5 Å². The fourth-order valence-electron chi connectivity index (χ4n) is 4.69. The lowest BCUT2D eigenvalue weighted by molar-refractivity contribution is 0.368. The van der Waals surface area contributed by atoms with Gasteiger partial charge in [-0.25, -0.2) is 0 Å². The normalized spacial score (nSPS) is 14.7. The molecule has 0 radical (unpaired) electrons. The van der Waals surface area contributed by atoms with Gasteiger partial charge in [0.15, 0.2) is 0 Å². The zero-order valence-electron chi connectivity index (χ0n) is 18.5. The molecule has 3 aromatic carbocycles. The Morgan fingerprint density at radius 2 is 0.759 bits per heavy atom. The van der Waals surface area contributed by atoms with Gasteiger partial charge in [-0.2, -0.15) is 0 Å². The summed E-state index contributed by atoms with van der Waals surface area (Å²) >= 11 is 0. The average Bonchev–Trinajstić information content (AvgIpc) is 2.75. The third kappa shape index (κ3) is 5.82. The summed E-state index contributed by atoms with van der Waals surface area (Å²) in [4.78, 5) is 0. The molecular formula is C29H36. The molecule has 0 N–H and O–H groups in total. The quantitative estimate of drug-likeness (QED) is 0.347. The van der Waals surface area contributed by atoms with E-state index in [4.69, 9.17) is 0 Å². The number of hydrogen-bond acceptors (Lipinski definition) is 0. The molecule has 0 nitrogen and oxygen atoms in total. The topological polar surface area (TPSA) is 0 Å². The first-order valence-electron chi connectivity index (χ1n) is 11.2. The molecule has 0 amide bonds. The fraction of sp³-hybridized carbons (Fsp3) is 0.379. The highest BCUT2D eigenvalue weighted by Crippen LogP contribution is 2.42. The highest BCUT2D eigenvalue weighted by molar-refractivity contribution is 5.26. The molecule has 0 heteroatoms. The van der Waals surface area contributed by atoms with Gasteiger partial charge >= 0.3 is 0 Å². The maximum atomic E-state index is 2.37. The van der Waals surface area contributed by atoms with Crippen LogP contribution in [0.4, 0.5) is 0 Å². The maximum Gasteiger partial charge on any atom is -0.0133 e. The van der Waals surface area contributed by atoms with Crippen LogP contribution in [0.5, 0.6) is 0 Å². The van der Waals surface area contributed by atoms with Crippen molar-refractivity contribution >= 4 is 0 Å². The van der Waals surface area contributed by atoms with Gasteiger partial charge in [0, 0.05) is 0 Å². The van der Waals surface area contributed by atoms with Crippen molar-refractivity contribution in [1.82, 2.24) is 0 Å². The Hall–Kier alpha value is -2.34. The van der Waals surface area contributed by atoms with Gasteiger partial charge in [0.2, 0.25) is 0 Å². The van der Waals surface area contributed by atoms with Gasteiger partial charge < -0.3 is 0 Å². The summed E-state index contributed by atoms with van der Waals surface area (Å²) in [5, 5.41) is 0. The van der Waals surface area contributed by atoms with Crippen molar-refractivity contribution in [3.05, 3.63) is 108 Å². The van der Waals surface area contributed by atoms with Crippen LogP contribution in [0, 0.1) is 11.8 Å². The van der Waals surface area contributed by atoms with Gasteiger partial charge in [0.1, 0.15) is 0 Å². The molecule has 0 fully saturated rings. The van der Waals surface area contributed by atoms with Crippen LogP contribution >= 0.6 is 0 Å². The van der Waals surface area contributed by atoms with E-state index >= 15 is 0 Å². The van der Waals surface area contributed by atoms with E-state index in [-0.39, 0.29) is 0 Å². The van der Waals surface area contributed by atoms with Crippen molar-refractivity contribution in [2.45, 2.75) is 58.3 Å². The van der Waals surface area contributed by atoms with Crippen molar-refractivity contribution in [2.24, 2.45) is 11.8 Å². The number of hydrogen-bond donors (Lipinski definition) is 0. The SMILES string of the molecule is CC(C)C(CC(CC(c1ccccc1)C(C)C)c1ccccc1)c1ccccc1. The minimum absolute atomic E-state index is 0.552. The molecule has 0 aliphatic heterocycles. The lowest BCUT2D eigenvalue weighted by Crippen LogP contribution is -2.17. The second-order valence-corrected chi connectivity index (χ2v) is 9.10. The van der Waals surface area contributed by atoms with Gasteiger partial charge in [-0.1, -0.05) is 119 Å². The zero-order chi connectivity index (χ0) is 20.6. The lowest BCUT2D eigenvalue weighted by Gasteiger charge is -2.31. The smallest absolute Gasteiger partial charge is 0.0133 e. The maximum absolute atomic E-state index is 2.37. The van der Waals surface area contributed by atoms with Crippen molar-refractivity contribution < 1.29 is 0 Å². The molecule has 0 aliphatic rings. The molecule has 3 rings (SSSR count). The summed E-state index contributed by atoms with van der Waals surface area (Å²) in [5.41, 5.74) is 4.43. The molecule has 0 heterocycles. The summed E-state index contributed by atoms with van der Waals surface area (Å²) in [6.45, 7) is 9.49. The largest absolute Gasteiger partial charge is 0.0622 e. The van der Waals surface area contributed by atoms with E-state index in [1.54, 1.807) is 0 Å². The zero-order valence-corrected chi connectivity index (χ0v) is 18.5. The van der Waals surface area contributed by atoms with Crippen LogP contribution in [-0.2, 0) is 0 Å². The van der Waals surface area contributed by atoms with Gasteiger partial charge in [0.05, 0.1) is 0 Å². The van der Waals surface area contributed by atoms with Crippen LogP contribution in [0.3, 0.4) is 0 Å². The molecule has 0 saturated carbocycles. The lowest BCUT2D eigenvalue weighted by atomic mass is 9.73. The molecule has 0 spiro atoms. The minimum Gasteiger partial charge on any atom is -0.0622 e. The molecule has 0 saturated heterocycles. The molecule has 152 valence electrons. The van der Waals surface area contributed by atoms with E-state index < -0.39 is 0 Å². The molecule has 3 aromatic rings. The minimum atomic E-state index is 0.552. The van der Waals surface area contributed by atoms with Crippen LogP contribution in [0.2, 0.25) is 0 Å². The summed E-state index contributed by atoms with van der Waals surface area (Å²) in [5.74, 6) is 2.95. The van der Waals surface area contributed by atoms with E-state index in [1.807, 2.05) is 0 Å². The molecule has 0 aromatic heterocycles. The molecule has 0 aliphatic carbocycles. The van der Waals surface area contributed by atoms with E-state index in [0.29, 0.717) is 29.6 Å². The average molecular weight is 385 g/mol. The Kier molecular flexibility index (Phi) is 7.69. The third-order valence-electron chi connectivity index (χ3n) is 6.41. The Bertz CT molecular complexity index is 764. The predicted molar refractivity (Wildman–Crippen MR) is 126 cm³/mol.